The molecule has 0 unspecified atom stereocenters. The molecule has 1 aliphatic rings. The Labute approximate surface area is 148 Å². The molecule has 0 amide bonds. The number of benzene rings is 2. The van der Waals surface area contributed by atoms with E-state index < -0.39 is 0 Å². The first-order valence-corrected chi connectivity index (χ1v) is 9.30. The third-order valence-corrected chi connectivity index (χ3v) is 5.77. The van der Waals surface area contributed by atoms with Crippen LogP contribution in [-0.4, -0.2) is 4.57 Å². The Balaban J connectivity index is 1.57. The third kappa shape index (κ3) is 2.28. The molecule has 3 heterocycles. The van der Waals surface area contributed by atoms with Crippen molar-refractivity contribution in [2.24, 2.45) is 0 Å². The molecule has 25 heavy (non-hydrogen) atoms. The topological polar surface area (TPSA) is 8.81 Å². The van der Waals surface area contributed by atoms with Crippen LogP contribution in [0.3, 0.4) is 0 Å². The van der Waals surface area contributed by atoms with Crippen LogP contribution >= 0.6 is 0 Å². The minimum absolute atomic E-state index is 1.02. The van der Waals surface area contributed by atoms with Gasteiger partial charge in [-0.1, -0.05) is 30.3 Å². The highest BCUT2D eigenvalue weighted by Crippen LogP contribution is 2.32. The third-order valence-electron chi connectivity index (χ3n) is 5.77. The number of hydrogen-bond donors (Lipinski definition) is 0. The summed E-state index contributed by atoms with van der Waals surface area (Å²) in [4.78, 5) is 0. The molecular formula is C23H23N2+. The van der Waals surface area contributed by atoms with Gasteiger partial charge in [0, 0.05) is 41.6 Å². The second-order valence-corrected chi connectivity index (χ2v) is 7.14. The van der Waals surface area contributed by atoms with E-state index in [2.05, 4.69) is 76.9 Å². The van der Waals surface area contributed by atoms with Crippen molar-refractivity contribution in [3.8, 4) is 0 Å². The van der Waals surface area contributed by atoms with Crippen molar-refractivity contribution in [2.45, 2.75) is 39.3 Å². The lowest BCUT2D eigenvalue weighted by Gasteiger charge is -2.16. The number of aromatic nitrogens is 2. The summed E-state index contributed by atoms with van der Waals surface area (Å²) in [6.45, 7) is 4.49. The second-order valence-electron chi connectivity index (χ2n) is 7.14. The summed E-state index contributed by atoms with van der Waals surface area (Å²) in [5.74, 6) is 0. The van der Waals surface area contributed by atoms with Crippen molar-refractivity contribution in [1.82, 2.24) is 4.57 Å². The summed E-state index contributed by atoms with van der Waals surface area (Å²) in [7, 11) is 0. The summed E-state index contributed by atoms with van der Waals surface area (Å²) in [5, 5.41) is 2.78. The average molecular weight is 327 g/mol. The molecule has 0 radical (unpaired) electrons. The van der Waals surface area contributed by atoms with Crippen molar-refractivity contribution in [2.75, 3.05) is 0 Å². The Hall–Kier alpha value is -2.61. The first-order chi connectivity index (χ1) is 12.3. The molecule has 0 bridgehead atoms. The number of pyridine rings is 1. The predicted molar refractivity (Wildman–Crippen MR) is 103 cm³/mol. The highest BCUT2D eigenvalue weighted by molar-refractivity contribution is 5.88. The maximum absolute atomic E-state index is 2.55. The van der Waals surface area contributed by atoms with Crippen LogP contribution in [0.1, 0.15) is 23.2 Å². The smallest absolute Gasteiger partial charge is 0.212 e. The summed E-state index contributed by atoms with van der Waals surface area (Å²) in [6.07, 6.45) is 5.77. The van der Waals surface area contributed by atoms with Crippen LogP contribution in [0.2, 0.25) is 0 Å². The van der Waals surface area contributed by atoms with E-state index in [-0.39, 0.29) is 0 Å². The van der Waals surface area contributed by atoms with Crippen molar-refractivity contribution in [1.29, 1.82) is 0 Å². The Morgan fingerprint density at radius 3 is 2.84 bits per heavy atom. The van der Waals surface area contributed by atoms with Crippen molar-refractivity contribution >= 4 is 21.8 Å². The number of para-hydroxylation sites is 2. The molecule has 0 atom stereocenters. The fraction of sp³-hybridized carbons (Fsp3) is 0.261. The number of fused-ring (bicyclic) bond motifs is 1. The van der Waals surface area contributed by atoms with E-state index in [0.717, 1.165) is 13.0 Å². The van der Waals surface area contributed by atoms with Gasteiger partial charge in [0.1, 0.15) is 0 Å². The van der Waals surface area contributed by atoms with Gasteiger partial charge < -0.3 is 4.57 Å². The molecule has 0 aliphatic carbocycles. The van der Waals surface area contributed by atoms with E-state index in [9.17, 15) is 0 Å². The van der Waals surface area contributed by atoms with Gasteiger partial charge in [0.2, 0.25) is 5.52 Å². The minimum Gasteiger partial charge on any atom is -0.344 e. The highest BCUT2D eigenvalue weighted by Gasteiger charge is 2.20. The molecule has 2 aromatic heterocycles. The molecule has 2 nitrogen and oxygen atoms in total. The number of nitrogens with zero attached hydrogens (tertiary/aromatic N) is 2. The van der Waals surface area contributed by atoms with E-state index in [1.165, 1.54) is 58.0 Å². The fourth-order valence-electron chi connectivity index (χ4n) is 4.55. The Kier molecular flexibility index (Phi) is 3.37. The van der Waals surface area contributed by atoms with Crippen LogP contribution in [0.25, 0.3) is 21.8 Å². The van der Waals surface area contributed by atoms with Crippen molar-refractivity contribution < 1.29 is 4.57 Å². The number of rotatable bonds is 3. The van der Waals surface area contributed by atoms with Gasteiger partial charge in [0.15, 0.2) is 12.7 Å². The molecule has 0 spiro atoms. The summed E-state index contributed by atoms with van der Waals surface area (Å²) in [5.41, 5.74) is 7.32. The summed E-state index contributed by atoms with van der Waals surface area (Å²) in [6, 6.07) is 19.9. The lowest BCUT2D eigenvalue weighted by molar-refractivity contribution is -0.670. The zero-order valence-electron chi connectivity index (χ0n) is 14.7. The van der Waals surface area contributed by atoms with Gasteiger partial charge >= 0.3 is 0 Å². The van der Waals surface area contributed by atoms with Crippen molar-refractivity contribution in [3.63, 3.8) is 0 Å². The van der Waals surface area contributed by atoms with Gasteiger partial charge in [0.25, 0.3) is 0 Å². The lowest BCUT2D eigenvalue weighted by Crippen LogP contribution is -2.35. The summed E-state index contributed by atoms with van der Waals surface area (Å²) >= 11 is 0. The standard InChI is InChI=1S/C23H23N2/c1-17-20(21-11-4-8-19-10-6-15-25(17)23(19)21)13-16-24-14-5-9-18-7-2-3-12-22(18)24/h2-5,7-9,11-12,14H,6,10,13,15-16H2,1H3/q+1. The first-order valence-electron chi connectivity index (χ1n) is 9.30. The monoisotopic (exact) mass is 327 g/mol. The van der Waals surface area contributed by atoms with Crippen LogP contribution in [0.5, 0.6) is 0 Å². The van der Waals surface area contributed by atoms with Gasteiger partial charge in [0.05, 0.1) is 5.52 Å². The maximum Gasteiger partial charge on any atom is 0.212 e. The fourth-order valence-corrected chi connectivity index (χ4v) is 4.55. The van der Waals surface area contributed by atoms with E-state index in [1.807, 2.05) is 0 Å². The zero-order chi connectivity index (χ0) is 16.8. The molecule has 0 N–H and O–H groups in total. The molecule has 2 aromatic carbocycles. The Morgan fingerprint density at radius 2 is 1.88 bits per heavy atom. The predicted octanol–water partition coefficient (Wildman–Crippen LogP) is 4.58. The van der Waals surface area contributed by atoms with Crippen LogP contribution in [-0.2, 0) is 25.9 Å². The Bertz CT molecular complexity index is 1080. The van der Waals surface area contributed by atoms with Crippen LogP contribution < -0.4 is 4.57 Å². The quantitative estimate of drug-likeness (QED) is 0.487. The molecule has 124 valence electrons. The van der Waals surface area contributed by atoms with Gasteiger partial charge in [-0.15, -0.1) is 0 Å². The lowest BCUT2D eigenvalue weighted by atomic mass is 10.0. The molecule has 2 heteroatoms. The van der Waals surface area contributed by atoms with Crippen LogP contribution in [0.4, 0.5) is 0 Å². The molecule has 4 aromatic rings. The van der Waals surface area contributed by atoms with E-state index in [1.54, 1.807) is 0 Å². The Morgan fingerprint density at radius 1 is 1.00 bits per heavy atom. The molecule has 0 fully saturated rings. The normalized spacial score (nSPS) is 13.6. The molecule has 0 saturated heterocycles. The molecule has 1 aliphatic heterocycles. The minimum atomic E-state index is 1.02. The maximum atomic E-state index is 2.55. The van der Waals surface area contributed by atoms with E-state index >= 15 is 0 Å². The van der Waals surface area contributed by atoms with Crippen molar-refractivity contribution in [3.05, 3.63) is 77.6 Å². The summed E-state index contributed by atoms with van der Waals surface area (Å²) < 4.78 is 4.94. The van der Waals surface area contributed by atoms with Gasteiger partial charge in [-0.2, -0.15) is 4.57 Å². The number of hydrogen-bond acceptors (Lipinski definition) is 0. The first kappa shape index (κ1) is 14.7. The SMILES string of the molecule is Cc1c(CC[n+]2cccc3ccccc32)c2cccc3c2n1CCC3. The zero-order valence-corrected chi connectivity index (χ0v) is 14.7. The molecule has 0 saturated carbocycles. The van der Waals surface area contributed by atoms with Gasteiger partial charge in [-0.3, -0.25) is 0 Å². The van der Waals surface area contributed by atoms with E-state index in [4.69, 9.17) is 0 Å². The number of aryl methyl sites for hydroxylation is 4. The van der Waals surface area contributed by atoms with Gasteiger partial charge in [-0.25, -0.2) is 0 Å². The largest absolute Gasteiger partial charge is 0.344 e. The van der Waals surface area contributed by atoms with Crippen LogP contribution in [0, 0.1) is 6.92 Å². The highest BCUT2D eigenvalue weighted by atomic mass is 15.0. The second kappa shape index (κ2) is 5.73. The average Bonchev–Trinajstić information content (AvgIpc) is 2.94. The van der Waals surface area contributed by atoms with Crippen LogP contribution in [0.15, 0.2) is 60.8 Å². The van der Waals surface area contributed by atoms with E-state index in [0.29, 0.717) is 0 Å². The van der Waals surface area contributed by atoms with Gasteiger partial charge in [-0.05, 0) is 43.0 Å². The molecule has 5 rings (SSSR count). The molecular weight excluding hydrogens is 304 g/mol.